The molecule has 0 aliphatic carbocycles. The van der Waals surface area contributed by atoms with Crippen molar-refractivity contribution in [2.24, 2.45) is 5.41 Å². The van der Waals surface area contributed by atoms with E-state index in [-0.39, 0.29) is 12.0 Å². The van der Waals surface area contributed by atoms with Gasteiger partial charge in [0.1, 0.15) is 17.6 Å². The lowest BCUT2D eigenvalue weighted by molar-refractivity contribution is 0.0527. The molecular weight excluding hydrogens is 416 g/mol. The number of methoxy groups -OCH3 is 1. The first-order chi connectivity index (χ1) is 15.9. The Hall–Kier alpha value is -3.85. The molecule has 1 heterocycles. The second kappa shape index (κ2) is 10.6. The van der Waals surface area contributed by atoms with Gasteiger partial charge in [-0.1, -0.05) is 26.0 Å². The fourth-order valence-corrected chi connectivity index (χ4v) is 3.52. The average molecular weight is 445 g/mol. The molecule has 0 spiro atoms. The third kappa shape index (κ3) is 6.11. The first-order valence-corrected chi connectivity index (χ1v) is 10.8. The molecule has 0 atom stereocenters. The zero-order chi connectivity index (χ0) is 23.8. The Balaban J connectivity index is 1.77. The highest BCUT2D eigenvalue weighted by Crippen LogP contribution is 2.30. The van der Waals surface area contributed by atoms with Crippen LogP contribution in [0.5, 0.6) is 11.5 Å². The lowest BCUT2D eigenvalue weighted by Gasteiger charge is -2.25. The Kier molecular flexibility index (Phi) is 7.68. The average Bonchev–Trinajstić information content (AvgIpc) is 2.83. The van der Waals surface area contributed by atoms with E-state index in [0.29, 0.717) is 34.7 Å². The summed E-state index contributed by atoms with van der Waals surface area (Å²) in [5.74, 6) is 0.878. The van der Waals surface area contributed by atoms with E-state index in [2.05, 4.69) is 24.9 Å². The molecule has 0 unspecified atom stereocenters. The van der Waals surface area contributed by atoms with Gasteiger partial charge in [-0.05, 0) is 61.4 Å². The minimum Gasteiger partial charge on any atom is -0.497 e. The second-order valence-corrected chi connectivity index (χ2v) is 8.42. The van der Waals surface area contributed by atoms with Gasteiger partial charge >= 0.3 is 5.97 Å². The molecule has 0 aliphatic rings. The summed E-state index contributed by atoms with van der Waals surface area (Å²) >= 11 is 0. The maximum absolute atomic E-state index is 12.3. The van der Waals surface area contributed by atoms with Gasteiger partial charge in [-0.3, -0.25) is 4.98 Å². The topological polar surface area (TPSA) is 81.4 Å². The fourth-order valence-electron chi connectivity index (χ4n) is 3.52. The Morgan fingerprint density at radius 3 is 2.55 bits per heavy atom. The van der Waals surface area contributed by atoms with E-state index in [1.165, 1.54) is 5.56 Å². The van der Waals surface area contributed by atoms with Gasteiger partial charge < -0.3 is 14.2 Å². The molecule has 0 bridgehead atoms. The molecule has 0 amide bonds. The van der Waals surface area contributed by atoms with Crippen LogP contribution in [0.25, 0.3) is 11.3 Å². The normalized spacial score (nSPS) is 10.9. The van der Waals surface area contributed by atoms with Crippen LogP contribution in [0, 0.1) is 16.7 Å². The highest BCUT2D eigenvalue weighted by molar-refractivity contribution is 5.96. The molecular formula is C27H28N2O4. The highest BCUT2D eigenvalue weighted by Gasteiger charge is 2.21. The van der Waals surface area contributed by atoms with Crippen molar-refractivity contribution in [1.29, 1.82) is 5.26 Å². The van der Waals surface area contributed by atoms with Crippen molar-refractivity contribution in [2.45, 2.75) is 27.2 Å². The number of benzene rings is 2. The van der Waals surface area contributed by atoms with Crippen molar-refractivity contribution in [3.8, 4) is 28.8 Å². The van der Waals surface area contributed by atoms with Crippen LogP contribution < -0.4 is 9.47 Å². The molecule has 3 aromatic rings. The summed E-state index contributed by atoms with van der Waals surface area (Å²) < 4.78 is 16.4. The maximum atomic E-state index is 12.3. The number of ether oxygens (including phenoxy) is 3. The molecule has 6 nitrogen and oxygen atoms in total. The zero-order valence-corrected chi connectivity index (χ0v) is 19.4. The SMILES string of the molecule is CCOC(=O)c1cccnc1-c1ccc(OCC(C)(C)Cc2ccc(OC)cc2)c(C#N)c1. The molecule has 0 saturated carbocycles. The van der Waals surface area contributed by atoms with Crippen molar-refractivity contribution >= 4 is 5.97 Å². The van der Waals surface area contributed by atoms with Crippen molar-refractivity contribution in [1.82, 2.24) is 4.98 Å². The van der Waals surface area contributed by atoms with Crippen LogP contribution in [-0.4, -0.2) is 31.3 Å². The van der Waals surface area contributed by atoms with E-state index in [1.54, 1.807) is 50.6 Å². The van der Waals surface area contributed by atoms with Gasteiger partial charge in [0.15, 0.2) is 0 Å². The van der Waals surface area contributed by atoms with Gasteiger partial charge in [-0.2, -0.15) is 5.26 Å². The highest BCUT2D eigenvalue weighted by atomic mass is 16.5. The third-order valence-corrected chi connectivity index (χ3v) is 5.14. The van der Waals surface area contributed by atoms with Crippen LogP contribution in [0.15, 0.2) is 60.8 Å². The summed E-state index contributed by atoms with van der Waals surface area (Å²) in [6.07, 6.45) is 2.42. The Bertz CT molecular complexity index is 1150. The van der Waals surface area contributed by atoms with Crippen LogP contribution in [0.2, 0.25) is 0 Å². The minimum absolute atomic E-state index is 0.155. The number of carbonyl (C=O) groups is 1. The molecule has 0 aliphatic heterocycles. The summed E-state index contributed by atoms with van der Waals surface area (Å²) in [5, 5.41) is 9.71. The van der Waals surface area contributed by atoms with E-state index < -0.39 is 5.97 Å². The van der Waals surface area contributed by atoms with Crippen LogP contribution >= 0.6 is 0 Å². The Morgan fingerprint density at radius 1 is 1.12 bits per heavy atom. The Labute approximate surface area is 194 Å². The second-order valence-electron chi connectivity index (χ2n) is 8.42. The first-order valence-electron chi connectivity index (χ1n) is 10.8. The van der Waals surface area contributed by atoms with Crippen LogP contribution in [0.3, 0.4) is 0 Å². The van der Waals surface area contributed by atoms with E-state index in [1.807, 2.05) is 24.3 Å². The number of aromatic nitrogens is 1. The van der Waals surface area contributed by atoms with Crippen molar-refractivity contribution in [2.75, 3.05) is 20.3 Å². The van der Waals surface area contributed by atoms with Gasteiger partial charge in [0, 0.05) is 17.2 Å². The maximum Gasteiger partial charge on any atom is 0.340 e. The summed E-state index contributed by atoms with van der Waals surface area (Å²) in [4.78, 5) is 16.6. The van der Waals surface area contributed by atoms with Crippen molar-refractivity contribution < 1.29 is 19.0 Å². The van der Waals surface area contributed by atoms with E-state index in [4.69, 9.17) is 14.2 Å². The van der Waals surface area contributed by atoms with Crippen LogP contribution in [0.1, 0.15) is 42.3 Å². The van der Waals surface area contributed by atoms with Gasteiger partial charge in [0.25, 0.3) is 0 Å². The molecule has 170 valence electrons. The number of pyridine rings is 1. The summed E-state index contributed by atoms with van der Waals surface area (Å²) in [6.45, 7) is 6.71. The van der Waals surface area contributed by atoms with Crippen LogP contribution in [-0.2, 0) is 11.2 Å². The molecule has 0 saturated heterocycles. The number of carbonyl (C=O) groups excluding carboxylic acids is 1. The van der Waals surface area contributed by atoms with E-state index >= 15 is 0 Å². The van der Waals surface area contributed by atoms with E-state index in [0.717, 1.165) is 12.2 Å². The summed E-state index contributed by atoms with van der Waals surface area (Å²) in [7, 11) is 1.65. The Morgan fingerprint density at radius 2 is 1.88 bits per heavy atom. The molecule has 1 aromatic heterocycles. The molecule has 3 rings (SSSR count). The number of hydrogen-bond donors (Lipinski definition) is 0. The molecule has 33 heavy (non-hydrogen) atoms. The van der Waals surface area contributed by atoms with Gasteiger partial charge in [0.2, 0.25) is 0 Å². The first kappa shape index (κ1) is 23.8. The quantitative estimate of drug-likeness (QED) is 0.408. The number of nitrogens with zero attached hydrogens (tertiary/aromatic N) is 2. The van der Waals surface area contributed by atoms with E-state index in [9.17, 15) is 10.1 Å². The van der Waals surface area contributed by atoms with Crippen molar-refractivity contribution in [3.63, 3.8) is 0 Å². The molecule has 0 fully saturated rings. The minimum atomic E-state index is -0.445. The van der Waals surface area contributed by atoms with Crippen LogP contribution in [0.4, 0.5) is 0 Å². The lowest BCUT2D eigenvalue weighted by Crippen LogP contribution is -2.24. The molecule has 0 N–H and O–H groups in total. The summed E-state index contributed by atoms with van der Waals surface area (Å²) in [6, 6.07) is 18.8. The lowest BCUT2D eigenvalue weighted by atomic mass is 9.86. The predicted molar refractivity (Wildman–Crippen MR) is 126 cm³/mol. The standard InChI is InChI=1S/C27H28N2O4/c1-5-32-26(30)23-7-6-14-29-25(23)20-10-13-24(21(15-20)17-28)33-18-27(2,3)16-19-8-11-22(31-4)12-9-19/h6-15H,5,16,18H2,1-4H3. The molecule has 6 heteroatoms. The third-order valence-electron chi connectivity index (χ3n) is 5.14. The predicted octanol–water partition coefficient (Wildman–Crippen LogP) is 5.45. The smallest absolute Gasteiger partial charge is 0.340 e. The molecule has 2 aromatic carbocycles. The van der Waals surface area contributed by atoms with Gasteiger partial charge in [-0.15, -0.1) is 0 Å². The van der Waals surface area contributed by atoms with Gasteiger partial charge in [-0.25, -0.2) is 4.79 Å². The largest absolute Gasteiger partial charge is 0.497 e. The molecule has 0 radical (unpaired) electrons. The fraction of sp³-hybridized carbons (Fsp3) is 0.296. The van der Waals surface area contributed by atoms with Crippen molar-refractivity contribution in [3.05, 3.63) is 77.5 Å². The zero-order valence-electron chi connectivity index (χ0n) is 19.4. The number of nitriles is 1. The number of esters is 1. The van der Waals surface area contributed by atoms with Gasteiger partial charge in [0.05, 0.1) is 37.1 Å². The number of hydrogen-bond acceptors (Lipinski definition) is 6. The number of rotatable bonds is 9. The summed E-state index contributed by atoms with van der Waals surface area (Å²) in [5.41, 5.74) is 2.89. The monoisotopic (exact) mass is 444 g/mol.